The number of hydrogen-bond acceptors (Lipinski definition) is 5. The van der Waals surface area contributed by atoms with Crippen molar-refractivity contribution in [3.8, 4) is 12.3 Å². The van der Waals surface area contributed by atoms with Crippen LogP contribution in [0.25, 0.3) is 0 Å². The minimum absolute atomic E-state index is 0.0840. The Morgan fingerprint density at radius 1 is 1.62 bits per heavy atom. The number of nitrogens with two attached hydrogens (primary N) is 1. The molecule has 0 aliphatic rings. The van der Waals surface area contributed by atoms with Crippen LogP contribution in [0.5, 0.6) is 0 Å². The highest BCUT2D eigenvalue weighted by Gasteiger charge is 2.15. The quantitative estimate of drug-likeness (QED) is 0.562. The Kier molecular flexibility index (Phi) is 3.34. The SMILES string of the molecule is C#CCC(N)c1nnc(C(C)S)o1. The van der Waals surface area contributed by atoms with Crippen LogP contribution < -0.4 is 5.73 Å². The summed E-state index contributed by atoms with van der Waals surface area (Å²) in [6, 6.07) is -0.377. The molecule has 13 heavy (non-hydrogen) atoms. The molecular weight excluding hydrogens is 186 g/mol. The van der Waals surface area contributed by atoms with Gasteiger partial charge in [-0.2, -0.15) is 12.6 Å². The molecule has 1 heterocycles. The van der Waals surface area contributed by atoms with E-state index in [1.54, 1.807) is 0 Å². The minimum atomic E-state index is -0.377. The lowest BCUT2D eigenvalue weighted by Gasteiger charge is -2.00. The third kappa shape index (κ3) is 2.47. The predicted molar refractivity (Wildman–Crippen MR) is 52.1 cm³/mol. The van der Waals surface area contributed by atoms with Gasteiger partial charge in [0, 0.05) is 6.42 Å². The van der Waals surface area contributed by atoms with E-state index >= 15 is 0 Å². The third-order valence-electron chi connectivity index (χ3n) is 1.47. The molecule has 0 aliphatic carbocycles. The van der Waals surface area contributed by atoms with E-state index in [0.717, 1.165) is 0 Å². The van der Waals surface area contributed by atoms with Crippen molar-refractivity contribution in [2.45, 2.75) is 24.6 Å². The van der Waals surface area contributed by atoms with Crippen LogP contribution in [0.4, 0.5) is 0 Å². The Balaban J connectivity index is 2.74. The second-order valence-corrected chi connectivity index (χ2v) is 3.44. The van der Waals surface area contributed by atoms with Crippen molar-refractivity contribution in [1.82, 2.24) is 10.2 Å². The Labute approximate surface area is 82.3 Å². The zero-order valence-electron chi connectivity index (χ0n) is 7.27. The number of rotatable bonds is 3. The van der Waals surface area contributed by atoms with Crippen LogP contribution in [-0.2, 0) is 0 Å². The van der Waals surface area contributed by atoms with E-state index in [1.807, 2.05) is 6.92 Å². The molecule has 0 aliphatic heterocycles. The van der Waals surface area contributed by atoms with Crippen LogP contribution in [0.3, 0.4) is 0 Å². The van der Waals surface area contributed by atoms with E-state index in [1.165, 1.54) is 0 Å². The van der Waals surface area contributed by atoms with Crippen LogP contribution in [0.2, 0.25) is 0 Å². The van der Waals surface area contributed by atoms with Crippen molar-refractivity contribution in [2.24, 2.45) is 5.73 Å². The van der Waals surface area contributed by atoms with Crippen LogP contribution >= 0.6 is 12.6 Å². The smallest absolute Gasteiger partial charge is 0.234 e. The van der Waals surface area contributed by atoms with Gasteiger partial charge in [-0.25, -0.2) is 0 Å². The predicted octanol–water partition coefficient (Wildman–Crippen LogP) is 1.08. The van der Waals surface area contributed by atoms with Crippen molar-refractivity contribution in [3.05, 3.63) is 11.8 Å². The summed E-state index contributed by atoms with van der Waals surface area (Å²) in [5.74, 6) is 3.27. The molecule has 0 bridgehead atoms. The first kappa shape index (κ1) is 10.1. The van der Waals surface area contributed by atoms with Crippen molar-refractivity contribution in [3.63, 3.8) is 0 Å². The molecule has 70 valence electrons. The average molecular weight is 197 g/mol. The fourth-order valence-corrected chi connectivity index (χ4v) is 0.884. The Bertz CT molecular complexity index is 315. The fraction of sp³-hybridized carbons (Fsp3) is 0.500. The second kappa shape index (κ2) is 4.30. The Hall–Kier alpha value is -0.990. The molecule has 0 radical (unpaired) electrons. The van der Waals surface area contributed by atoms with E-state index in [9.17, 15) is 0 Å². The molecule has 0 spiro atoms. The molecule has 4 nitrogen and oxygen atoms in total. The summed E-state index contributed by atoms with van der Waals surface area (Å²) >= 11 is 4.14. The van der Waals surface area contributed by atoms with Crippen molar-refractivity contribution < 1.29 is 4.42 Å². The Morgan fingerprint density at radius 2 is 2.23 bits per heavy atom. The molecular formula is C8H11N3OS. The van der Waals surface area contributed by atoms with Gasteiger partial charge >= 0.3 is 0 Å². The van der Waals surface area contributed by atoms with Crippen LogP contribution in [0.1, 0.15) is 36.4 Å². The maximum absolute atomic E-state index is 5.66. The lowest BCUT2D eigenvalue weighted by atomic mass is 10.2. The topological polar surface area (TPSA) is 64.9 Å². The first-order chi connectivity index (χ1) is 6.15. The second-order valence-electron chi connectivity index (χ2n) is 2.67. The van der Waals surface area contributed by atoms with E-state index in [2.05, 4.69) is 28.7 Å². The molecule has 2 unspecified atom stereocenters. The number of terminal acetylenes is 1. The maximum Gasteiger partial charge on any atom is 0.234 e. The van der Waals surface area contributed by atoms with Crippen LogP contribution in [0.15, 0.2) is 4.42 Å². The van der Waals surface area contributed by atoms with Gasteiger partial charge in [0.05, 0.1) is 11.3 Å². The van der Waals surface area contributed by atoms with E-state index in [4.69, 9.17) is 16.6 Å². The summed E-state index contributed by atoms with van der Waals surface area (Å²) in [6.07, 6.45) is 5.49. The average Bonchev–Trinajstić information content (AvgIpc) is 2.52. The normalized spacial score (nSPS) is 14.9. The molecule has 0 saturated carbocycles. The lowest BCUT2D eigenvalue weighted by Crippen LogP contribution is -2.09. The Morgan fingerprint density at radius 3 is 2.69 bits per heavy atom. The van der Waals surface area contributed by atoms with Crippen molar-refractivity contribution in [1.29, 1.82) is 0 Å². The van der Waals surface area contributed by atoms with Gasteiger partial charge in [0.25, 0.3) is 0 Å². The molecule has 1 rings (SSSR count). The molecule has 5 heteroatoms. The van der Waals surface area contributed by atoms with Gasteiger partial charge in [0.1, 0.15) is 0 Å². The summed E-state index contributed by atoms with van der Waals surface area (Å²) in [5.41, 5.74) is 5.66. The first-order valence-electron chi connectivity index (χ1n) is 3.85. The van der Waals surface area contributed by atoms with E-state index in [0.29, 0.717) is 18.2 Å². The summed E-state index contributed by atoms with van der Waals surface area (Å²) in [4.78, 5) is 0. The van der Waals surface area contributed by atoms with Gasteiger partial charge < -0.3 is 10.2 Å². The zero-order chi connectivity index (χ0) is 9.84. The highest BCUT2D eigenvalue weighted by Crippen LogP contribution is 2.19. The van der Waals surface area contributed by atoms with Gasteiger partial charge in [0.15, 0.2) is 0 Å². The molecule has 0 fully saturated rings. The molecule has 0 amide bonds. The third-order valence-corrected chi connectivity index (χ3v) is 1.69. The lowest BCUT2D eigenvalue weighted by molar-refractivity contribution is 0.421. The summed E-state index contributed by atoms with van der Waals surface area (Å²) in [6.45, 7) is 1.84. The van der Waals surface area contributed by atoms with Crippen LogP contribution in [0, 0.1) is 12.3 Å². The van der Waals surface area contributed by atoms with Gasteiger partial charge in [-0.1, -0.05) is 0 Å². The van der Waals surface area contributed by atoms with Gasteiger partial charge in [0.2, 0.25) is 11.8 Å². The van der Waals surface area contributed by atoms with Gasteiger partial charge in [-0.3, -0.25) is 0 Å². The van der Waals surface area contributed by atoms with Gasteiger partial charge in [-0.15, -0.1) is 22.5 Å². The molecule has 2 N–H and O–H groups in total. The minimum Gasteiger partial charge on any atom is -0.422 e. The number of aromatic nitrogens is 2. The van der Waals surface area contributed by atoms with E-state index < -0.39 is 0 Å². The molecule has 0 aromatic carbocycles. The fourth-order valence-electron chi connectivity index (χ4n) is 0.779. The number of thiol groups is 1. The molecule has 0 saturated heterocycles. The van der Waals surface area contributed by atoms with Gasteiger partial charge in [-0.05, 0) is 6.92 Å². The molecule has 1 aromatic rings. The standard InChI is InChI=1S/C8H11N3OS/c1-3-4-6(9)8-11-10-7(12-8)5(2)13/h1,5-6,13H,4,9H2,2H3. The number of nitrogens with zero attached hydrogens (tertiary/aromatic N) is 2. The van der Waals surface area contributed by atoms with Crippen molar-refractivity contribution in [2.75, 3.05) is 0 Å². The monoisotopic (exact) mass is 197 g/mol. The summed E-state index contributed by atoms with van der Waals surface area (Å²) in [5, 5.41) is 7.46. The largest absolute Gasteiger partial charge is 0.422 e. The molecule has 1 aromatic heterocycles. The summed E-state index contributed by atoms with van der Waals surface area (Å²) in [7, 11) is 0. The summed E-state index contributed by atoms with van der Waals surface area (Å²) < 4.78 is 5.24. The highest BCUT2D eigenvalue weighted by atomic mass is 32.1. The first-order valence-corrected chi connectivity index (χ1v) is 4.37. The zero-order valence-corrected chi connectivity index (χ0v) is 8.16. The highest BCUT2D eigenvalue weighted by molar-refractivity contribution is 7.80. The number of hydrogen-bond donors (Lipinski definition) is 2. The van der Waals surface area contributed by atoms with E-state index in [-0.39, 0.29) is 11.3 Å². The maximum atomic E-state index is 5.66. The molecule has 2 atom stereocenters. The van der Waals surface area contributed by atoms with Crippen molar-refractivity contribution >= 4 is 12.6 Å². The van der Waals surface area contributed by atoms with Crippen LogP contribution in [-0.4, -0.2) is 10.2 Å².